The van der Waals surface area contributed by atoms with Crippen LogP contribution in [0.2, 0.25) is 0 Å². The molecule has 0 aromatic heterocycles. The van der Waals surface area contributed by atoms with Gasteiger partial charge in [-0.3, -0.25) is 9.59 Å². The molecule has 0 spiro atoms. The minimum Gasteiger partial charge on any atom is -0.398 e. The first kappa shape index (κ1) is 25.0. The van der Waals surface area contributed by atoms with Crippen LogP contribution >= 0.6 is 0 Å². The predicted molar refractivity (Wildman–Crippen MR) is 128 cm³/mol. The summed E-state index contributed by atoms with van der Waals surface area (Å²) in [6.45, 7) is 0. The Morgan fingerprint density at radius 2 is 1.17 bits per heavy atom. The summed E-state index contributed by atoms with van der Waals surface area (Å²) in [4.78, 5) is 24.8. The van der Waals surface area contributed by atoms with E-state index in [2.05, 4.69) is 15.6 Å². The summed E-state index contributed by atoms with van der Waals surface area (Å²) in [5.41, 5.74) is 14.8. The van der Waals surface area contributed by atoms with Gasteiger partial charge in [-0.15, -0.1) is 0 Å². The molecule has 0 aliphatic rings. The number of hydrazone groups is 2. The second-order valence-electron chi connectivity index (χ2n) is 7.21. The summed E-state index contributed by atoms with van der Waals surface area (Å²) in [5.74, 6) is -1.61. The Bertz CT molecular complexity index is 1270. The molecular formula is C24H21F3N6O2. The summed E-state index contributed by atoms with van der Waals surface area (Å²) in [6.07, 6.45) is -5.75. The summed E-state index contributed by atoms with van der Waals surface area (Å²) >= 11 is 0. The van der Waals surface area contributed by atoms with Gasteiger partial charge in [-0.05, 0) is 29.8 Å². The van der Waals surface area contributed by atoms with Crippen LogP contribution in [-0.2, 0) is 0 Å². The molecule has 11 heteroatoms. The number of carbonyl (C=O) groups is 2. The SMILES string of the molecule is Nc1ccccc1C(=O)NN=C(CC(=NNC(=O)c1ccccc1N)C(F)(F)F)c1ccccc1. The molecule has 3 aromatic rings. The molecule has 6 N–H and O–H groups in total. The molecule has 2 amide bonds. The van der Waals surface area contributed by atoms with E-state index in [1.54, 1.807) is 36.4 Å². The second kappa shape index (κ2) is 11.0. The quantitative estimate of drug-likeness (QED) is 0.232. The van der Waals surface area contributed by atoms with Crippen molar-refractivity contribution in [2.45, 2.75) is 12.6 Å². The van der Waals surface area contributed by atoms with Crippen LogP contribution in [0.4, 0.5) is 24.5 Å². The standard InChI is InChI=1S/C24H21F3N6O2/c25-24(26,27)21(31-33-23(35)17-11-5-7-13-19(17)29)14-20(15-8-2-1-3-9-15)30-32-22(34)16-10-4-6-12-18(16)28/h1-13H,14,28-29H2,(H,32,34)(H,33,35). The highest BCUT2D eigenvalue weighted by atomic mass is 19.4. The van der Waals surface area contributed by atoms with Crippen LogP contribution < -0.4 is 22.3 Å². The fourth-order valence-corrected chi connectivity index (χ4v) is 2.96. The molecule has 0 heterocycles. The van der Waals surface area contributed by atoms with Gasteiger partial charge in [0, 0.05) is 17.8 Å². The lowest BCUT2D eigenvalue weighted by atomic mass is 10.0. The number of nitrogens with two attached hydrogens (primary N) is 2. The van der Waals surface area contributed by atoms with Gasteiger partial charge in [0.1, 0.15) is 5.71 Å². The van der Waals surface area contributed by atoms with Gasteiger partial charge >= 0.3 is 6.18 Å². The van der Waals surface area contributed by atoms with Crippen LogP contribution in [0, 0.1) is 0 Å². The maximum Gasteiger partial charge on any atom is 0.431 e. The van der Waals surface area contributed by atoms with E-state index in [0.717, 1.165) is 0 Å². The highest BCUT2D eigenvalue weighted by Gasteiger charge is 2.37. The third kappa shape index (κ3) is 6.67. The van der Waals surface area contributed by atoms with Crippen molar-refractivity contribution in [3.63, 3.8) is 0 Å². The van der Waals surface area contributed by atoms with Gasteiger partial charge in [0.05, 0.1) is 16.8 Å². The molecule has 3 aromatic carbocycles. The molecule has 180 valence electrons. The number of nitrogen functional groups attached to an aromatic ring is 2. The minimum atomic E-state index is -4.90. The number of anilines is 2. The smallest absolute Gasteiger partial charge is 0.398 e. The maximum absolute atomic E-state index is 13.8. The van der Waals surface area contributed by atoms with Crippen molar-refractivity contribution in [2.75, 3.05) is 11.5 Å². The molecule has 0 saturated carbocycles. The van der Waals surface area contributed by atoms with Crippen molar-refractivity contribution < 1.29 is 22.8 Å². The van der Waals surface area contributed by atoms with Crippen molar-refractivity contribution in [3.8, 4) is 0 Å². The van der Waals surface area contributed by atoms with Gasteiger partial charge in [0.25, 0.3) is 11.8 Å². The number of nitrogens with one attached hydrogen (secondary N) is 2. The fourth-order valence-electron chi connectivity index (χ4n) is 2.96. The van der Waals surface area contributed by atoms with Crippen molar-refractivity contribution in [2.24, 2.45) is 10.2 Å². The van der Waals surface area contributed by atoms with E-state index < -0.39 is 30.1 Å². The molecule has 0 aliphatic heterocycles. The number of hydrogen-bond donors (Lipinski definition) is 4. The van der Waals surface area contributed by atoms with E-state index in [0.29, 0.717) is 5.56 Å². The van der Waals surface area contributed by atoms with E-state index in [9.17, 15) is 22.8 Å². The Hall–Kier alpha value is -4.67. The minimum absolute atomic E-state index is 0.0255. The zero-order valence-electron chi connectivity index (χ0n) is 18.2. The average Bonchev–Trinajstić information content (AvgIpc) is 2.83. The van der Waals surface area contributed by atoms with Gasteiger partial charge in [-0.1, -0.05) is 54.6 Å². The average molecular weight is 482 g/mol. The Balaban J connectivity index is 1.89. The maximum atomic E-state index is 13.8. The first-order chi connectivity index (χ1) is 16.7. The van der Waals surface area contributed by atoms with E-state index in [4.69, 9.17) is 11.5 Å². The number of alkyl halides is 3. The molecule has 0 radical (unpaired) electrons. The molecule has 0 atom stereocenters. The topological polar surface area (TPSA) is 135 Å². The summed E-state index contributed by atoms with van der Waals surface area (Å²) in [5, 5.41) is 7.21. The van der Waals surface area contributed by atoms with Crippen LogP contribution in [0.15, 0.2) is 89.1 Å². The molecule has 35 heavy (non-hydrogen) atoms. The lowest BCUT2D eigenvalue weighted by molar-refractivity contribution is -0.0601. The van der Waals surface area contributed by atoms with Crippen molar-refractivity contribution in [3.05, 3.63) is 95.6 Å². The number of nitrogens with zero attached hydrogens (tertiary/aromatic N) is 2. The van der Waals surface area contributed by atoms with E-state index in [-0.39, 0.29) is 28.2 Å². The molecular weight excluding hydrogens is 461 g/mol. The Labute approximate surface area is 198 Å². The molecule has 8 nitrogen and oxygen atoms in total. The first-order valence-electron chi connectivity index (χ1n) is 10.2. The zero-order chi connectivity index (χ0) is 25.4. The Morgan fingerprint density at radius 3 is 1.66 bits per heavy atom. The third-order valence-corrected chi connectivity index (χ3v) is 4.76. The Morgan fingerprint density at radius 1 is 0.714 bits per heavy atom. The van der Waals surface area contributed by atoms with Gasteiger partial charge in [0.15, 0.2) is 0 Å². The van der Waals surface area contributed by atoms with Gasteiger partial charge in [-0.2, -0.15) is 23.4 Å². The van der Waals surface area contributed by atoms with E-state index in [1.165, 1.54) is 42.5 Å². The van der Waals surface area contributed by atoms with Crippen molar-refractivity contribution in [1.29, 1.82) is 0 Å². The lowest BCUT2D eigenvalue weighted by Crippen LogP contribution is -2.31. The number of rotatable bonds is 7. The van der Waals surface area contributed by atoms with Crippen LogP contribution in [0.3, 0.4) is 0 Å². The number of halogens is 3. The van der Waals surface area contributed by atoms with E-state index in [1.807, 2.05) is 5.43 Å². The largest absolute Gasteiger partial charge is 0.431 e. The molecule has 0 unspecified atom stereocenters. The first-order valence-corrected chi connectivity index (χ1v) is 10.2. The number of benzene rings is 3. The van der Waals surface area contributed by atoms with Gasteiger partial charge < -0.3 is 11.5 Å². The normalized spacial score (nSPS) is 12.2. The summed E-state index contributed by atoms with van der Waals surface area (Å²) in [7, 11) is 0. The molecule has 0 bridgehead atoms. The predicted octanol–water partition coefficient (Wildman–Crippen LogP) is 3.72. The number of hydrogen-bond acceptors (Lipinski definition) is 6. The Kier molecular flexibility index (Phi) is 7.82. The van der Waals surface area contributed by atoms with Gasteiger partial charge in [0.2, 0.25) is 0 Å². The monoisotopic (exact) mass is 482 g/mol. The fraction of sp³-hybridized carbons (Fsp3) is 0.0833. The molecule has 3 rings (SSSR count). The molecule has 0 aliphatic carbocycles. The van der Waals surface area contributed by atoms with Crippen LogP contribution in [-0.4, -0.2) is 29.4 Å². The summed E-state index contributed by atoms with van der Waals surface area (Å²) < 4.78 is 41.3. The second-order valence-corrected chi connectivity index (χ2v) is 7.21. The van der Waals surface area contributed by atoms with Crippen molar-refractivity contribution >= 4 is 34.6 Å². The van der Waals surface area contributed by atoms with Crippen LogP contribution in [0.25, 0.3) is 0 Å². The zero-order valence-corrected chi connectivity index (χ0v) is 18.2. The summed E-state index contributed by atoms with van der Waals surface area (Å²) in [6, 6.07) is 20.0. The number of amides is 2. The highest BCUT2D eigenvalue weighted by molar-refractivity contribution is 6.14. The van der Waals surface area contributed by atoms with Gasteiger partial charge in [-0.25, -0.2) is 10.9 Å². The van der Waals surface area contributed by atoms with Crippen LogP contribution in [0.5, 0.6) is 0 Å². The lowest BCUT2D eigenvalue weighted by Gasteiger charge is -2.13. The molecule has 0 fully saturated rings. The van der Waals surface area contributed by atoms with Crippen LogP contribution in [0.1, 0.15) is 32.7 Å². The number of para-hydroxylation sites is 2. The van der Waals surface area contributed by atoms with E-state index >= 15 is 0 Å². The number of carbonyl (C=O) groups excluding carboxylic acids is 2. The molecule has 0 saturated heterocycles. The van der Waals surface area contributed by atoms with Crippen molar-refractivity contribution in [1.82, 2.24) is 10.9 Å². The highest BCUT2D eigenvalue weighted by Crippen LogP contribution is 2.22. The third-order valence-electron chi connectivity index (χ3n) is 4.76.